The van der Waals surface area contributed by atoms with Gasteiger partial charge < -0.3 is 36.2 Å². The summed E-state index contributed by atoms with van der Waals surface area (Å²) in [5.74, 6) is -0.748. The Morgan fingerprint density at radius 1 is 1.29 bits per heavy atom. The highest BCUT2D eigenvalue weighted by atomic mass is 35.5. The maximum Gasteiger partial charge on any atom is 0.387 e. The second-order valence-corrected chi connectivity index (χ2v) is 9.19. The number of hydrogen-bond donors (Lipinski definition) is 4. The lowest BCUT2D eigenvalue weighted by molar-refractivity contribution is -0.138. The highest BCUT2D eigenvalue weighted by molar-refractivity contribution is 6.31. The smallest absolute Gasteiger partial charge is 0.387 e. The number of halogens is 3. The molecule has 2 aromatic rings. The molecule has 1 aliphatic heterocycles. The van der Waals surface area contributed by atoms with E-state index in [1.807, 2.05) is 19.0 Å². The maximum atomic E-state index is 13.2. The molecule has 1 aromatic heterocycles. The van der Waals surface area contributed by atoms with Gasteiger partial charge in [0, 0.05) is 55.7 Å². The molecule has 0 atom stereocenters. The van der Waals surface area contributed by atoms with Crippen LogP contribution < -0.4 is 26.4 Å². The number of anilines is 1. The lowest BCUT2D eigenvalue weighted by atomic mass is 10.1. The third-order valence-electron chi connectivity index (χ3n) is 5.96. The van der Waals surface area contributed by atoms with Gasteiger partial charge in [0.2, 0.25) is 5.91 Å². The van der Waals surface area contributed by atoms with Crippen LogP contribution in [0.25, 0.3) is 11.3 Å². The molecule has 206 valence electrons. The fourth-order valence-electron chi connectivity index (χ4n) is 3.88. The second kappa shape index (κ2) is 12.1. The first-order valence-electron chi connectivity index (χ1n) is 11.6. The van der Waals surface area contributed by atoms with Crippen molar-refractivity contribution in [1.82, 2.24) is 30.2 Å². The minimum Gasteiger partial charge on any atom is -0.434 e. The van der Waals surface area contributed by atoms with Crippen LogP contribution in [0.1, 0.15) is 0 Å². The van der Waals surface area contributed by atoms with Crippen molar-refractivity contribution in [3.8, 4) is 17.0 Å². The molecule has 0 bridgehead atoms. The topological polar surface area (TPSA) is 130 Å². The number of benzene rings is 1. The van der Waals surface area contributed by atoms with E-state index in [0.717, 1.165) is 0 Å². The minimum atomic E-state index is -3.11. The number of likely N-dealkylation sites (N-methyl/N-ethyl adjacent to an activating group) is 1. The molecule has 2 amide bonds. The van der Waals surface area contributed by atoms with E-state index < -0.39 is 12.5 Å². The van der Waals surface area contributed by atoms with E-state index in [1.54, 1.807) is 19.0 Å². The second-order valence-electron chi connectivity index (χ2n) is 8.75. The highest BCUT2D eigenvalue weighted by Gasteiger charge is 2.32. The summed E-state index contributed by atoms with van der Waals surface area (Å²) in [6, 6.07) is 4.31. The number of rotatable bonds is 11. The van der Waals surface area contributed by atoms with E-state index in [9.17, 15) is 18.4 Å². The van der Waals surface area contributed by atoms with Gasteiger partial charge in [-0.2, -0.15) is 13.9 Å². The number of nitrogens with two attached hydrogens (primary N) is 1. The van der Waals surface area contributed by atoms with Crippen LogP contribution in [0.15, 0.2) is 48.1 Å². The third-order valence-corrected chi connectivity index (χ3v) is 6.20. The Kier molecular flexibility index (Phi) is 9.17. The largest absolute Gasteiger partial charge is 0.434 e. The molecule has 38 heavy (non-hydrogen) atoms. The summed E-state index contributed by atoms with van der Waals surface area (Å²) in [5.41, 5.74) is 6.13. The predicted octanol–water partition coefficient (Wildman–Crippen LogP) is 1.64. The number of nitrogens with one attached hydrogen (secondary N) is 3. The van der Waals surface area contributed by atoms with Crippen LogP contribution in [0.3, 0.4) is 0 Å². The Bertz CT molecular complexity index is 1240. The molecule has 1 saturated heterocycles. The molecule has 3 rings (SSSR count). The quantitative estimate of drug-likeness (QED) is 0.245. The van der Waals surface area contributed by atoms with Gasteiger partial charge in [-0.3, -0.25) is 14.3 Å². The average Bonchev–Trinajstić information content (AvgIpc) is 3.17. The number of carbonyl (C=O) groups excluding carboxylic acids is 2. The SMILES string of the molecule is C=C(N)C(C(=O)Nc1cn(CC(=O)N2CC(N(C)C)C2)nc1-c1cc(Cl)ccc1OC(F)F)=C(NC)NC. The first kappa shape index (κ1) is 28.7. The van der Waals surface area contributed by atoms with Crippen molar-refractivity contribution in [3.63, 3.8) is 0 Å². The van der Waals surface area contributed by atoms with E-state index in [1.165, 1.54) is 29.1 Å². The lowest BCUT2D eigenvalue weighted by Gasteiger charge is -2.42. The Labute approximate surface area is 224 Å². The van der Waals surface area contributed by atoms with Crippen LogP contribution in [0.5, 0.6) is 5.75 Å². The molecule has 1 aliphatic rings. The number of alkyl halides is 2. The van der Waals surface area contributed by atoms with E-state index in [0.29, 0.717) is 18.9 Å². The molecule has 1 aromatic carbocycles. The fourth-order valence-corrected chi connectivity index (χ4v) is 4.05. The van der Waals surface area contributed by atoms with Crippen molar-refractivity contribution in [2.75, 3.05) is 46.6 Å². The van der Waals surface area contributed by atoms with Crippen LogP contribution in [0.4, 0.5) is 14.5 Å². The number of carbonyl (C=O) groups is 2. The normalized spacial score (nSPS) is 13.2. The highest BCUT2D eigenvalue weighted by Crippen LogP contribution is 2.37. The van der Waals surface area contributed by atoms with Gasteiger partial charge in [-0.05, 0) is 32.3 Å². The van der Waals surface area contributed by atoms with Crippen LogP contribution >= 0.6 is 11.6 Å². The lowest BCUT2D eigenvalue weighted by Crippen LogP contribution is -2.59. The van der Waals surface area contributed by atoms with E-state index in [4.69, 9.17) is 17.3 Å². The van der Waals surface area contributed by atoms with Crippen molar-refractivity contribution >= 4 is 29.1 Å². The van der Waals surface area contributed by atoms with Gasteiger partial charge >= 0.3 is 6.61 Å². The Hall–Kier alpha value is -3.84. The van der Waals surface area contributed by atoms with Gasteiger partial charge in [0.1, 0.15) is 29.4 Å². The molecule has 0 spiro atoms. The summed E-state index contributed by atoms with van der Waals surface area (Å²) in [6.45, 7) is 1.56. The summed E-state index contributed by atoms with van der Waals surface area (Å²) in [4.78, 5) is 29.8. The van der Waals surface area contributed by atoms with E-state index in [-0.39, 0.29) is 57.5 Å². The van der Waals surface area contributed by atoms with Crippen molar-refractivity contribution in [3.05, 3.63) is 53.1 Å². The van der Waals surface area contributed by atoms with E-state index >= 15 is 0 Å². The number of likely N-dealkylation sites (tertiary alicyclic amines) is 1. The monoisotopic (exact) mass is 552 g/mol. The molecule has 14 heteroatoms. The van der Waals surface area contributed by atoms with Crippen molar-refractivity contribution in [2.24, 2.45) is 5.73 Å². The zero-order valence-electron chi connectivity index (χ0n) is 21.5. The molecule has 0 unspecified atom stereocenters. The fraction of sp³-hybridized carbons (Fsp3) is 0.375. The predicted molar refractivity (Wildman–Crippen MR) is 140 cm³/mol. The first-order valence-corrected chi connectivity index (χ1v) is 11.9. The molecule has 0 aliphatic carbocycles. The zero-order chi connectivity index (χ0) is 28.1. The molecule has 5 N–H and O–H groups in total. The van der Waals surface area contributed by atoms with Crippen LogP contribution in [-0.4, -0.2) is 85.3 Å². The number of aromatic nitrogens is 2. The van der Waals surface area contributed by atoms with Gasteiger partial charge in [-0.15, -0.1) is 0 Å². The van der Waals surface area contributed by atoms with Crippen molar-refractivity contribution in [2.45, 2.75) is 19.2 Å². The van der Waals surface area contributed by atoms with Gasteiger partial charge in [0.25, 0.3) is 5.91 Å². The average molecular weight is 553 g/mol. The van der Waals surface area contributed by atoms with Gasteiger partial charge in [-0.25, -0.2) is 0 Å². The number of amides is 2. The summed E-state index contributed by atoms with van der Waals surface area (Å²) < 4.78 is 32.3. The van der Waals surface area contributed by atoms with Crippen LogP contribution in [0.2, 0.25) is 5.02 Å². The summed E-state index contributed by atoms with van der Waals surface area (Å²) in [7, 11) is 7.07. The van der Waals surface area contributed by atoms with Crippen LogP contribution in [0, 0.1) is 0 Å². The van der Waals surface area contributed by atoms with Gasteiger partial charge in [0.15, 0.2) is 0 Å². The molecule has 0 radical (unpaired) electrons. The van der Waals surface area contributed by atoms with E-state index in [2.05, 4.69) is 32.4 Å². The first-order chi connectivity index (χ1) is 17.9. The molecule has 0 saturated carbocycles. The number of ether oxygens (including phenoxy) is 1. The molecular formula is C24H31ClF2N8O3. The summed E-state index contributed by atoms with van der Waals surface area (Å²) in [6.07, 6.45) is 1.43. The van der Waals surface area contributed by atoms with Gasteiger partial charge in [0.05, 0.1) is 5.69 Å². The number of nitrogens with zero attached hydrogens (tertiary/aromatic N) is 4. The molecule has 1 fully saturated rings. The van der Waals surface area contributed by atoms with Crippen molar-refractivity contribution in [1.29, 1.82) is 0 Å². The Morgan fingerprint density at radius 2 is 1.95 bits per heavy atom. The summed E-state index contributed by atoms with van der Waals surface area (Å²) in [5, 5.41) is 13.0. The standard InChI is InChI=1S/C24H31ClF2N8O3/c1-13(28)20(22(29-2)30-3)23(37)31-17-11-35(12-19(36)34-9-15(10-34)33(4)5)32-21(17)16-8-14(25)6-7-18(16)38-24(26)27/h6-8,11,15,24,29-30H,1,9-10,12,28H2,2-5H3,(H,31,37). The van der Waals surface area contributed by atoms with Crippen LogP contribution in [-0.2, 0) is 16.1 Å². The number of hydrogen-bond acceptors (Lipinski definition) is 8. The Morgan fingerprint density at radius 3 is 2.50 bits per heavy atom. The maximum absolute atomic E-state index is 13.2. The summed E-state index contributed by atoms with van der Waals surface area (Å²) >= 11 is 6.15. The zero-order valence-corrected chi connectivity index (χ0v) is 22.3. The molecule has 2 heterocycles. The molecular weight excluding hydrogens is 522 g/mol. The molecule has 11 nitrogen and oxygen atoms in total. The van der Waals surface area contributed by atoms with Gasteiger partial charge in [-0.1, -0.05) is 18.2 Å². The minimum absolute atomic E-state index is 0.0234. The third kappa shape index (κ3) is 6.53. The Balaban J connectivity index is 2.02. The van der Waals surface area contributed by atoms with Crippen molar-refractivity contribution < 1.29 is 23.1 Å².